The Morgan fingerprint density at radius 3 is 2.67 bits per heavy atom. The predicted octanol–water partition coefficient (Wildman–Crippen LogP) is 1.75. The van der Waals surface area contributed by atoms with Gasteiger partial charge in [-0.2, -0.15) is 0 Å². The molecule has 1 aliphatic heterocycles. The number of rotatable bonds is 4. The zero-order valence-corrected chi connectivity index (χ0v) is 13.3. The van der Waals surface area contributed by atoms with Crippen molar-refractivity contribution in [2.75, 3.05) is 35.6 Å². The van der Waals surface area contributed by atoms with Crippen molar-refractivity contribution in [1.29, 1.82) is 0 Å². The van der Waals surface area contributed by atoms with Crippen molar-refractivity contribution in [3.63, 3.8) is 0 Å². The summed E-state index contributed by atoms with van der Waals surface area (Å²) in [6.45, 7) is 4.91. The molecule has 7 heteroatoms. The number of ether oxygens (including phenoxy) is 1. The summed E-state index contributed by atoms with van der Waals surface area (Å²) in [6.07, 6.45) is 0.598. The first kappa shape index (κ1) is 15.6. The number of anilines is 2. The number of carbonyl (C=O) groups is 1. The van der Waals surface area contributed by atoms with E-state index in [1.54, 1.807) is 12.1 Å². The van der Waals surface area contributed by atoms with E-state index in [2.05, 4.69) is 5.32 Å². The fourth-order valence-electron chi connectivity index (χ4n) is 2.48. The van der Waals surface area contributed by atoms with Crippen molar-refractivity contribution in [2.24, 2.45) is 0 Å². The molecule has 0 atom stereocenters. The molecule has 0 spiro atoms. The summed E-state index contributed by atoms with van der Waals surface area (Å²) >= 11 is 0. The van der Waals surface area contributed by atoms with Gasteiger partial charge in [0.2, 0.25) is 10.0 Å². The average Bonchev–Trinajstić information content (AvgIpc) is 2.80. The molecule has 0 bridgehead atoms. The lowest BCUT2D eigenvalue weighted by molar-refractivity contribution is 0.0601. The molecule has 6 nitrogen and oxygen atoms in total. The molecule has 1 N–H and O–H groups in total. The number of nitrogens with zero attached hydrogens (tertiary/aromatic N) is 1. The van der Waals surface area contributed by atoms with E-state index in [-0.39, 0.29) is 5.75 Å². The second-order valence-electron chi connectivity index (χ2n) is 4.93. The third-order valence-corrected chi connectivity index (χ3v) is 5.39. The summed E-state index contributed by atoms with van der Waals surface area (Å²) in [5, 5.41) is 3.16. The Morgan fingerprint density at radius 2 is 2.14 bits per heavy atom. The van der Waals surface area contributed by atoms with Crippen molar-refractivity contribution in [1.82, 2.24) is 0 Å². The number of hydrogen-bond donors (Lipinski definition) is 1. The van der Waals surface area contributed by atoms with Crippen LogP contribution in [-0.2, 0) is 14.8 Å². The predicted molar refractivity (Wildman–Crippen MR) is 82.4 cm³/mol. The van der Waals surface area contributed by atoms with Crippen LogP contribution >= 0.6 is 0 Å². The van der Waals surface area contributed by atoms with Crippen LogP contribution in [0.2, 0.25) is 0 Å². The second kappa shape index (κ2) is 5.93. The molecule has 1 aliphatic rings. The number of carbonyl (C=O) groups excluding carboxylic acids is 1. The molecule has 1 fully saturated rings. The minimum Gasteiger partial charge on any atom is -0.465 e. The van der Waals surface area contributed by atoms with Crippen molar-refractivity contribution < 1.29 is 17.9 Å². The Labute approximate surface area is 125 Å². The second-order valence-corrected chi connectivity index (χ2v) is 6.94. The van der Waals surface area contributed by atoms with Gasteiger partial charge in [0.25, 0.3) is 0 Å². The molecule has 2 rings (SSSR count). The number of esters is 1. The van der Waals surface area contributed by atoms with E-state index in [9.17, 15) is 13.2 Å². The third-order valence-electron chi connectivity index (χ3n) is 3.54. The highest BCUT2D eigenvalue weighted by atomic mass is 32.2. The first-order valence-electron chi connectivity index (χ1n) is 6.88. The van der Waals surface area contributed by atoms with E-state index >= 15 is 0 Å². The Kier molecular flexibility index (Phi) is 4.41. The quantitative estimate of drug-likeness (QED) is 0.857. The zero-order valence-electron chi connectivity index (χ0n) is 12.5. The number of benzene rings is 1. The molecule has 0 saturated carbocycles. The standard InChI is InChI=1S/C14H20N2O4S/c1-4-15-12-8-11(14(17)20-3)9-13(10(12)2)16-6-5-7-21(16,18)19/h8-9,15H,4-7H2,1-3H3. The average molecular weight is 312 g/mol. The first-order valence-corrected chi connectivity index (χ1v) is 8.49. The Morgan fingerprint density at radius 1 is 1.43 bits per heavy atom. The number of methoxy groups -OCH3 is 1. The number of sulfonamides is 1. The smallest absolute Gasteiger partial charge is 0.337 e. The van der Waals surface area contributed by atoms with E-state index in [1.807, 2.05) is 13.8 Å². The fourth-order valence-corrected chi connectivity index (χ4v) is 4.09. The number of nitrogens with one attached hydrogen (secondary N) is 1. The summed E-state index contributed by atoms with van der Waals surface area (Å²) in [5.41, 5.74) is 2.45. The summed E-state index contributed by atoms with van der Waals surface area (Å²) in [5.74, 6) is -0.335. The molecule has 116 valence electrons. The van der Waals surface area contributed by atoms with Crippen molar-refractivity contribution >= 4 is 27.4 Å². The topological polar surface area (TPSA) is 75.7 Å². The number of hydrogen-bond acceptors (Lipinski definition) is 5. The maximum absolute atomic E-state index is 12.1. The lowest BCUT2D eigenvalue weighted by Gasteiger charge is -2.22. The monoisotopic (exact) mass is 312 g/mol. The largest absolute Gasteiger partial charge is 0.465 e. The van der Waals surface area contributed by atoms with Crippen LogP contribution < -0.4 is 9.62 Å². The molecule has 0 unspecified atom stereocenters. The van der Waals surface area contributed by atoms with Crippen molar-refractivity contribution in [3.05, 3.63) is 23.3 Å². The van der Waals surface area contributed by atoms with Gasteiger partial charge in [0, 0.05) is 18.8 Å². The fraction of sp³-hybridized carbons (Fsp3) is 0.500. The summed E-state index contributed by atoms with van der Waals surface area (Å²) in [6, 6.07) is 3.28. The molecule has 0 radical (unpaired) electrons. The Hall–Kier alpha value is -1.76. The highest BCUT2D eigenvalue weighted by Gasteiger charge is 2.30. The third kappa shape index (κ3) is 2.97. The van der Waals surface area contributed by atoms with E-state index in [1.165, 1.54) is 11.4 Å². The van der Waals surface area contributed by atoms with Crippen molar-refractivity contribution in [2.45, 2.75) is 20.3 Å². The van der Waals surface area contributed by atoms with Gasteiger partial charge in [-0.15, -0.1) is 0 Å². The van der Waals surface area contributed by atoms with Gasteiger partial charge >= 0.3 is 5.97 Å². The summed E-state index contributed by atoms with van der Waals surface area (Å²) in [7, 11) is -1.98. The van der Waals surface area contributed by atoms with Crippen LogP contribution in [0.4, 0.5) is 11.4 Å². The lowest BCUT2D eigenvalue weighted by Crippen LogP contribution is -2.26. The van der Waals surface area contributed by atoms with Gasteiger partial charge < -0.3 is 10.1 Å². The lowest BCUT2D eigenvalue weighted by atomic mass is 10.1. The SMILES string of the molecule is CCNc1cc(C(=O)OC)cc(N2CCCS2(=O)=O)c1C. The molecular formula is C14H20N2O4S. The van der Waals surface area contributed by atoms with Gasteiger partial charge in [-0.25, -0.2) is 13.2 Å². The van der Waals surface area contributed by atoms with E-state index < -0.39 is 16.0 Å². The van der Waals surface area contributed by atoms with Gasteiger partial charge in [-0.3, -0.25) is 4.31 Å². The van der Waals surface area contributed by atoms with E-state index in [4.69, 9.17) is 4.74 Å². The van der Waals surface area contributed by atoms with E-state index in [0.717, 1.165) is 11.3 Å². The first-order chi connectivity index (χ1) is 9.90. The molecule has 0 amide bonds. The normalized spacial score (nSPS) is 16.8. The van der Waals surface area contributed by atoms with Crippen LogP contribution in [0.5, 0.6) is 0 Å². The highest BCUT2D eigenvalue weighted by Crippen LogP contribution is 2.33. The van der Waals surface area contributed by atoms with Crippen LogP contribution in [-0.4, -0.2) is 40.3 Å². The molecule has 21 heavy (non-hydrogen) atoms. The molecule has 1 aromatic carbocycles. The summed E-state index contributed by atoms with van der Waals surface area (Å²) < 4.78 is 30.4. The summed E-state index contributed by atoms with van der Waals surface area (Å²) in [4.78, 5) is 11.8. The molecule has 0 aliphatic carbocycles. The van der Waals surface area contributed by atoms with E-state index in [0.29, 0.717) is 30.8 Å². The van der Waals surface area contributed by atoms with Gasteiger partial charge in [0.15, 0.2) is 0 Å². The minimum absolute atomic E-state index is 0.144. The van der Waals surface area contributed by atoms with Crippen LogP contribution in [0.25, 0.3) is 0 Å². The molecule has 0 aromatic heterocycles. The molecule has 1 saturated heterocycles. The van der Waals surface area contributed by atoms with Crippen molar-refractivity contribution in [3.8, 4) is 0 Å². The van der Waals surface area contributed by atoms with Gasteiger partial charge in [-0.05, 0) is 38.0 Å². The van der Waals surface area contributed by atoms with Crippen LogP contribution in [0.15, 0.2) is 12.1 Å². The van der Waals surface area contributed by atoms with Gasteiger partial charge in [-0.1, -0.05) is 0 Å². The molecule has 1 aromatic rings. The maximum atomic E-state index is 12.1. The van der Waals surface area contributed by atoms with Crippen LogP contribution in [0.1, 0.15) is 29.3 Å². The Bertz CT molecular complexity index is 655. The maximum Gasteiger partial charge on any atom is 0.337 e. The van der Waals surface area contributed by atoms with Crippen LogP contribution in [0, 0.1) is 6.92 Å². The van der Waals surface area contributed by atoms with Crippen LogP contribution in [0.3, 0.4) is 0 Å². The minimum atomic E-state index is -3.29. The zero-order chi connectivity index (χ0) is 15.6. The molecular weight excluding hydrogens is 292 g/mol. The molecule has 1 heterocycles. The Balaban J connectivity index is 2.58. The van der Waals surface area contributed by atoms with Gasteiger partial charge in [0.05, 0.1) is 24.1 Å². The van der Waals surface area contributed by atoms with Gasteiger partial charge in [0.1, 0.15) is 0 Å². The highest BCUT2D eigenvalue weighted by molar-refractivity contribution is 7.93.